The fraction of sp³-hybridized carbons (Fsp3) is 0.375. The van der Waals surface area contributed by atoms with Crippen molar-refractivity contribution < 1.29 is 14.4 Å². The first-order valence-corrected chi connectivity index (χ1v) is 3.24. The van der Waals surface area contributed by atoms with Gasteiger partial charge in [0.2, 0.25) is 0 Å². The molecule has 0 heterocycles. The maximum Gasteiger partial charge on any atom is 0.165 e. The summed E-state index contributed by atoms with van der Waals surface area (Å²) in [6.07, 6.45) is 2.30. The van der Waals surface area contributed by atoms with E-state index >= 15 is 0 Å². The normalized spacial score (nSPS) is 13.8. The summed E-state index contributed by atoms with van der Waals surface area (Å²) in [5.41, 5.74) is 0.337. The Kier molecular flexibility index (Phi) is 4.03. The number of carbonyl (C=O) groups is 3. The van der Waals surface area contributed by atoms with Gasteiger partial charge in [0, 0.05) is 0 Å². The van der Waals surface area contributed by atoms with E-state index in [1.165, 1.54) is 19.9 Å². The second-order valence-corrected chi connectivity index (χ2v) is 2.33. The highest BCUT2D eigenvalue weighted by Crippen LogP contribution is 1.96. The van der Waals surface area contributed by atoms with Crippen LogP contribution in [0.1, 0.15) is 13.8 Å². The van der Waals surface area contributed by atoms with E-state index in [9.17, 15) is 14.4 Å². The number of aldehydes is 2. The van der Waals surface area contributed by atoms with E-state index in [-0.39, 0.29) is 5.78 Å². The predicted octanol–water partition coefficient (Wildman–Crippen LogP) is 0.536. The van der Waals surface area contributed by atoms with Crippen molar-refractivity contribution in [3.05, 3.63) is 11.6 Å². The summed E-state index contributed by atoms with van der Waals surface area (Å²) < 4.78 is 0. The summed E-state index contributed by atoms with van der Waals surface area (Å²) in [5.74, 6) is -0.977. The summed E-state index contributed by atoms with van der Waals surface area (Å²) in [5, 5.41) is 0. The largest absolute Gasteiger partial charge is 0.303 e. The Labute approximate surface area is 65.1 Å². The third-order valence-electron chi connectivity index (χ3n) is 1.21. The third kappa shape index (κ3) is 3.45. The zero-order valence-electron chi connectivity index (χ0n) is 6.53. The van der Waals surface area contributed by atoms with E-state index in [0.29, 0.717) is 18.1 Å². The van der Waals surface area contributed by atoms with Crippen LogP contribution in [0.4, 0.5) is 0 Å². The van der Waals surface area contributed by atoms with Gasteiger partial charge in [-0.15, -0.1) is 0 Å². The molecule has 1 unspecified atom stereocenters. The molecule has 0 aromatic carbocycles. The smallest absolute Gasteiger partial charge is 0.165 e. The van der Waals surface area contributed by atoms with Crippen molar-refractivity contribution in [3.63, 3.8) is 0 Å². The minimum atomic E-state index is -0.648. The third-order valence-corrected chi connectivity index (χ3v) is 1.21. The van der Waals surface area contributed by atoms with E-state index in [1.807, 2.05) is 0 Å². The highest BCUT2D eigenvalue weighted by atomic mass is 16.1. The fourth-order valence-corrected chi connectivity index (χ4v) is 0.457. The Morgan fingerprint density at radius 3 is 2.27 bits per heavy atom. The molecule has 0 N–H and O–H groups in total. The average molecular weight is 154 g/mol. The number of hydrogen-bond donors (Lipinski definition) is 0. The molecule has 0 bridgehead atoms. The van der Waals surface area contributed by atoms with Crippen LogP contribution in [0.5, 0.6) is 0 Å². The lowest BCUT2D eigenvalue weighted by atomic mass is 10.1. The van der Waals surface area contributed by atoms with Crippen LogP contribution in [0, 0.1) is 5.92 Å². The Morgan fingerprint density at radius 1 is 1.36 bits per heavy atom. The second kappa shape index (κ2) is 4.55. The second-order valence-electron chi connectivity index (χ2n) is 2.33. The summed E-state index contributed by atoms with van der Waals surface area (Å²) in [4.78, 5) is 31.0. The van der Waals surface area contributed by atoms with Crippen LogP contribution in [-0.2, 0) is 14.4 Å². The van der Waals surface area contributed by atoms with Crippen molar-refractivity contribution >= 4 is 18.4 Å². The van der Waals surface area contributed by atoms with Gasteiger partial charge in [0.05, 0.1) is 5.92 Å². The lowest BCUT2D eigenvalue weighted by molar-refractivity contribution is -0.123. The molecule has 11 heavy (non-hydrogen) atoms. The van der Waals surface area contributed by atoms with Crippen molar-refractivity contribution in [2.45, 2.75) is 13.8 Å². The van der Waals surface area contributed by atoms with Gasteiger partial charge in [-0.1, -0.05) is 0 Å². The molecule has 0 rings (SSSR count). The van der Waals surface area contributed by atoms with Crippen LogP contribution in [-0.4, -0.2) is 18.4 Å². The molecule has 0 aliphatic rings. The first-order chi connectivity index (χ1) is 5.11. The van der Waals surface area contributed by atoms with E-state index in [2.05, 4.69) is 0 Å². The molecule has 0 aromatic heterocycles. The van der Waals surface area contributed by atoms with Gasteiger partial charge >= 0.3 is 0 Å². The van der Waals surface area contributed by atoms with Crippen LogP contribution in [0.15, 0.2) is 11.6 Å². The molecule has 3 nitrogen and oxygen atoms in total. The minimum Gasteiger partial charge on any atom is -0.303 e. The maximum atomic E-state index is 10.9. The Balaban J connectivity index is 4.27. The molecule has 0 aromatic rings. The number of hydrogen-bond acceptors (Lipinski definition) is 3. The van der Waals surface area contributed by atoms with Gasteiger partial charge in [-0.05, 0) is 25.5 Å². The molecule has 0 spiro atoms. The van der Waals surface area contributed by atoms with Crippen molar-refractivity contribution in [3.8, 4) is 0 Å². The molecule has 0 aliphatic heterocycles. The minimum absolute atomic E-state index is 0.329. The molecule has 3 heteroatoms. The maximum absolute atomic E-state index is 10.9. The van der Waals surface area contributed by atoms with Gasteiger partial charge in [-0.3, -0.25) is 9.59 Å². The number of allylic oxidation sites excluding steroid dienone is 2. The molecule has 0 aliphatic carbocycles. The zero-order chi connectivity index (χ0) is 8.85. The molecule has 60 valence electrons. The SMILES string of the molecule is C/C(C=O)=C\C(=O)C(C)C=O. The van der Waals surface area contributed by atoms with Crippen molar-refractivity contribution in [2.24, 2.45) is 5.92 Å². The van der Waals surface area contributed by atoms with E-state index < -0.39 is 5.92 Å². The molecule has 1 atom stereocenters. The highest BCUT2D eigenvalue weighted by molar-refractivity contribution is 6.02. The van der Waals surface area contributed by atoms with Crippen molar-refractivity contribution in [2.75, 3.05) is 0 Å². The van der Waals surface area contributed by atoms with Gasteiger partial charge < -0.3 is 4.79 Å². The number of rotatable bonds is 4. The summed E-state index contributed by atoms with van der Waals surface area (Å²) in [7, 11) is 0. The Hall–Kier alpha value is -1.25. The van der Waals surface area contributed by atoms with Crippen LogP contribution < -0.4 is 0 Å². The quantitative estimate of drug-likeness (QED) is 0.337. The standard InChI is InChI=1S/C8H10O3/c1-6(4-9)3-8(11)7(2)5-10/h3-5,7H,1-2H3/b6-3+. The molecule has 0 saturated heterocycles. The van der Waals surface area contributed by atoms with Gasteiger partial charge in [0.15, 0.2) is 5.78 Å². The molecule has 0 amide bonds. The molecule has 0 saturated carbocycles. The van der Waals surface area contributed by atoms with Crippen LogP contribution in [0.2, 0.25) is 0 Å². The predicted molar refractivity (Wildman–Crippen MR) is 40.1 cm³/mol. The Morgan fingerprint density at radius 2 is 1.91 bits per heavy atom. The molecular weight excluding hydrogens is 144 g/mol. The summed E-state index contributed by atoms with van der Waals surface area (Å²) in [6, 6.07) is 0. The summed E-state index contributed by atoms with van der Waals surface area (Å²) >= 11 is 0. The van der Waals surface area contributed by atoms with Gasteiger partial charge in [-0.2, -0.15) is 0 Å². The topological polar surface area (TPSA) is 51.2 Å². The lowest BCUT2D eigenvalue weighted by Crippen LogP contribution is -2.09. The van der Waals surface area contributed by atoms with Crippen LogP contribution in [0.3, 0.4) is 0 Å². The monoisotopic (exact) mass is 154 g/mol. The first-order valence-electron chi connectivity index (χ1n) is 3.24. The zero-order valence-corrected chi connectivity index (χ0v) is 6.53. The molecular formula is C8H10O3. The summed E-state index contributed by atoms with van der Waals surface area (Å²) in [6.45, 7) is 3.01. The van der Waals surface area contributed by atoms with Gasteiger partial charge in [0.1, 0.15) is 12.6 Å². The van der Waals surface area contributed by atoms with E-state index in [0.717, 1.165) is 0 Å². The van der Waals surface area contributed by atoms with Gasteiger partial charge in [-0.25, -0.2) is 0 Å². The lowest BCUT2D eigenvalue weighted by Gasteiger charge is -1.95. The first kappa shape index (κ1) is 9.75. The number of ketones is 1. The van der Waals surface area contributed by atoms with E-state index in [1.54, 1.807) is 0 Å². The fourth-order valence-electron chi connectivity index (χ4n) is 0.457. The highest BCUT2D eigenvalue weighted by Gasteiger charge is 2.07. The molecule has 0 radical (unpaired) electrons. The average Bonchev–Trinajstić information content (AvgIpc) is 2.02. The van der Waals surface area contributed by atoms with Crippen molar-refractivity contribution in [1.82, 2.24) is 0 Å². The van der Waals surface area contributed by atoms with Crippen LogP contribution >= 0.6 is 0 Å². The van der Waals surface area contributed by atoms with Crippen molar-refractivity contribution in [1.29, 1.82) is 0 Å². The van der Waals surface area contributed by atoms with Gasteiger partial charge in [0.25, 0.3) is 0 Å². The molecule has 0 fully saturated rings. The number of carbonyl (C=O) groups excluding carboxylic acids is 3. The Bertz CT molecular complexity index is 203. The van der Waals surface area contributed by atoms with Crippen LogP contribution in [0.25, 0.3) is 0 Å². The van der Waals surface area contributed by atoms with E-state index in [4.69, 9.17) is 0 Å².